The summed E-state index contributed by atoms with van der Waals surface area (Å²) < 4.78 is 16.6. The highest BCUT2D eigenvalue weighted by Crippen LogP contribution is 2.32. The molecule has 0 radical (unpaired) electrons. The van der Waals surface area contributed by atoms with Crippen molar-refractivity contribution in [2.75, 3.05) is 11.5 Å². The number of carbonyl (C=O) groups is 1. The molecule has 2 heterocycles. The molecule has 0 atom stereocenters. The van der Waals surface area contributed by atoms with E-state index in [-0.39, 0.29) is 19.1 Å². The minimum absolute atomic E-state index is 0.0130. The van der Waals surface area contributed by atoms with Crippen LogP contribution in [0.1, 0.15) is 5.89 Å². The lowest BCUT2D eigenvalue weighted by atomic mass is 10.2. The maximum Gasteiger partial charge on any atom is 0.265 e. The minimum atomic E-state index is -0.157. The summed E-state index contributed by atoms with van der Waals surface area (Å²) in [6, 6.07) is 24.4. The molecule has 1 amide bonds. The van der Waals surface area contributed by atoms with Crippen LogP contribution >= 0.6 is 0 Å². The van der Waals surface area contributed by atoms with Gasteiger partial charge in [0.05, 0.1) is 5.69 Å². The molecule has 1 aromatic heterocycles. The Balaban J connectivity index is 1.32. The largest absolute Gasteiger partial charge is 0.482 e. The summed E-state index contributed by atoms with van der Waals surface area (Å²) in [5.74, 6) is 2.78. The van der Waals surface area contributed by atoms with Crippen LogP contribution in [0.5, 0.6) is 17.2 Å². The average Bonchev–Trinajstić information content (AvgIpc) is 3.26. The van der Waals surface area contributed by atoms with Gasteiger partial charge in [-0.15, -0.1) is 0 Å². The van der Waals surface area contributed by atoms with Gasteiger partial charge < -0.3 is 14.0 Å². The van der Waals surface area contributed by atoms with Crippen molar-refractivity contribution in [3.8, 4) is 28.6 Å². The number of anilines is 1. The number of amides is 1. The van der Waals surface area contributed by atoms with Gasteiger partial charge in [-0.2, -0.15) is 4.98 Å². The van der Waals surface area contributed by atoms with Crippen LogP contribution in [0.2, 0.25) is 0 Å². The van der Waals surface area contributed by atoms with Crippen LogP contribution in [0.4, 0.5) is 5.69 Å². The maximum absolute atomic E-state index is 12.3. The molecular formula is C23H17N3O4. The highest BCUT2D eigenvalue weighted by Gasteiger charge is 2.27. The molecule has 0 spiro atoms. The van der Waals surface area contributed by atoms with Crippen molar-refractivity contribution in [3.05, 3.63) is 84.8 Å². The fourth-order valence-corrected chi connectivity index (χ4v) is 3.20. The quantitative estimate of drug-likeness (QED) is 0.493. The lowest BCUT2D eigenvalue weighted by Crippen LogP contribution is -2.38. The predicted molar refractivity (Wildman–Crippen MR) is 109 cm³/mol. The van der Waals surface area contributed by atoms with Crippen molar-refractivity contribution in [1.82, 2.24) is 10.1 Å². The number of rotatable bonds is 5. The third-order valence-corrected chi connectivity index (χ3v) is 4.66. The number of benzene rings is 3. The Labute approximate surface area is 172 Å². The monoisotopic (exact) mass is 399 g/mol. The van der Waals surface area contributed by atoms with Crippen molar-refractivity contribution < 1.29 is 18.8 Å². The maximum atomic E-state index is 12.3. The van der Waals surface area contributed by atoms with E-state index >= 15 is 0 Å². The Morgan fingerprint density at radius 3 is 2.47 bits per heavy atom. The van der Waals surface area contributed by atoms with Crippen LogP contribution in [-0.4, -0.2) is 22.7 Å². The summed E-state index contributed by atoms with van der Waals surface area (Å²) in [6.45, 7) is 0.169. The summed E-state index contributed by atoms with van der Waals surface area (Å²) in [7, 11) is 0. The predicted octanol–water partition coefficient (Wildman–Crippen LogP) is 4.45. The van der Waals surface area contributed by atoms with E-state index in [0.717, 1.165) is 11.3 Å². The summed E-state index contributed by atoms with van der Waals surface area (Å²) in [5.41, 5.74) is 1.48. The topological polar surface area (TPSA) is 77.7 Å². The van der Waals surface area contributed by atoms with Gasteiger partial charge in [0.15, 0.2) is 6.61 Å². The number of aromatic nitrogens is 2. The molecule has 148 valence electrons. The van der Waals surface area contributed by atoms with Crippen molar-refractivity contribution in [2.45, 2.75) is 6.54 Å². The Morgan fingerprint density at radius 1 is 0.900 bits per heavy atom. The third-order valence-electron chi connectivity index (χ3n) is 4.66. The Morgan fingerprint density at radius 2 is 1.63 bits per heavy atom. The summed E-state index contributed by atoms with van der Waals surface area (Å²) in [6.07, 6.45) is 0. The molecule has 7 heteroatoms. The van der Waals surface area contributed by atoms with E-state index in [2.05, 4.69) is 10.1 Å². The highest BCUT2D eigenvalue weighted by molar-refractivity contribution is 5.97. The average molecular weight is 399 g/mol. The molecule has 3 aromatic carbocycles. The molecule has 1 aliphatic rings. The molecule has 5 rings (SSSR count). The smallest absolute Gasteiger partial charge is 0.265 e. The highest BCUT2D eigenvalue weighted by atomic mass is 16.5. The van der Waals surface area contributed by atoms with E-state index in [1.165, 1.54) is 0 Å². The fourth-order valence-electron chi connectivity index (χ4n) is 3.20. The number of hydrogen-bond donors (Lipinski definition) is 0. The molecule has 0 aliphatic carbocycles. The van der Waals surface area contributed by atoms with Gasteiger partial charge in [0.25, 0.3) is 5.91 Å². The normalized spacial score (nSPS) is 12.9. The zero-order valence-electron chi connectivity index (χ0n) is 15.9. The van der Waals surface area contributed by atoms with Crippen LogP contribution in [-0.2, 0) is 11.3 Å². The molecule has 0 saturated carbocycles. The molecule has 0 bridgehead atoms. The molecule has 1 aliphatic heterocycles. The second-order valence-electron chi connectivity index (χ2n) is 6.69. The van der Waals surface area contributed by atoms with Gasteiger partial charge >= 0.3 is 0 Å². The number of carbonyl (C=O) groups excluding carboxylic acids is 1. The van der Waals surface area contributed by atoms with Gasteiger partial charge in [0.2, 0.25) is 11.7 Å². The molecular weight excluding hydrogens is 382 g/mol. The van der Waals surface area contributed by atoms with Crippen LogP contribution < -0.4 is 14.4 Å². The minimum Gasteiger partial charge on any atom is -0.482 e. The Hall–Kier alpha value is -4.13. The molecule has 0 fully saturated rings. The number of fused-ring (bicyclic) bond motifs is 1. The second kappa shape index (κ2) is 7.71. The van der Waals surface area contributed by atoms with E-state index in [4.69, 9.17) is 14.0 Å². The first-order valence-corrected chi connectivity index (χ1v) is 9.44. The SMILES string of the molecule is O=C1COc2ccccc2N1Cc1nc(-c2ccc(Oc3ccccc3)cc2)no1. The number of ether oxygens (including phenoxy) is 2. The van der Waals surface area contributed by atoms with E-state index < -0.39 is 0 Å². The van der Waals surface area contributed by atoms with Crippen LogP contribution in [0.25, 0.3) is 11.4 Å². The van der Waals surface area contributed by atoms with Gasteiger partial charge in [-0.25, -0.2) is 0 Å². The number of hydrogen-bond acceptors (Lipinski definition) is 6. The zero-order valence-corrected chi connectivity index (χ0v) is 15.9. The van der Waals surface area contributed by atoms with Crippen LogP contribution in [0.3, 0.4) is 0 Å². The molecule has 4 aromatic rings. The van der Waals surface area contributed by atoms with Crippen molar-refractivity contribution in [3.63, 3.8) is 0 Å². The number of nitrogens with zero attached hydrogens (tertiary/aromatic N) is 3. The summed E-state index contributed by atoms with van der Waals surface area (Å²) in [4.78, 5) is 18.4. The molecule has 7 nitrogen and oxygen atoms in total. The molecule has 0 N–H and O–H groups in total. The van der Waals surface area contributed by atoms with Gasteiger partial charge in [0.1, 0.15) is 23.8 Å². The van der Waals surface area contributed by atoms with E-state index in [1.54, 1.807) is 4.90 Å². The van der Waals surface area contributed by atoms with Crippen LogP contribution in [0.15, 0.2) is 83.4 Å². The summed E-state index contributed by atoms with van der Waals surface area (Å²) in [5, 5.41) is 4.05. The van der Waals surface area contributed by atoms with Crippen molar-refractivity contribution in [2.24, 2.45) is 0 Å². The van der Waals surface area contributed by atoms with Gasteiger partial charge in [-0.1, -0.05) is 35.5 Å². The van der Waals surface area contributed by atoms with E-state index in [0.29, 0.717) is 28.9 Å². The zero-order chi connectivity index (χ0) is 20.3. The second-order valence-corrected chi connectivity index (χ2v) is 6.69. The van der Waals surface area contributed by atoms with Crippen molar-refractivity contribution >= 4 is 11.6 Å². The van der Waals surface area contributed by atoms with Crippen LogP contribution in [0, 0.1) is 0 Å². The Bertz CT molecular complexity index is 1170. The van der Waals surface area contributed by atoms with Crippen molar-refractivity contribution in [1.29, 1.82) is 0 Å². The van der Waals surface area contributed by atoms with E-state index in [1.807, 2.05) is 78.9 Å². The number of para-hydroxylation sites is 3. The first kappa shape index (κ1) is 17.9. The first-order chi connectivity index (χ1) is 14.8. The fraction of sp³-hybridized carbons (Fsp3) is 0.0870. The van der Waals surface area contributed by atoms with E-state index in [9.17, 15) is 4.79 Å². The lowest BCUT2D eigenvalue weighted by Gasteiger charge is -2.27. The van der Waals surface area contributed by atoms with Gasteiger partial charge in [-0.05, 0) is 48.5 Å². The standard InChI is InChI=1S/C23H17N3O4/c27-22-15-28-20-9-5-4-8-19(20)26(22)14-21-24-23(25-30-21)16-10-12-18(13-11-16)29-17-6-2-1-3-7-17/h1-13H,14-15H2. The van der Waals surface area contributed by atoms with Gasteiger partial charge in [-0.3, -0.25) is 9.69 Å². The lowest BCUT2D eigenvalue weighted by molar-refractivity contribution is -0.121. The molecule has 0 unspecified atom stereocenters. The molecule has 0 saturated heterocycles. The van der Waals surface area contributed by atoms with Gasteiger partial charge in [0, 0.05) is 5.56 Å². The first-order valence-electron chi connectivity index (χ1n) is 9.44. The third kappa shape index (κ3) is 3.60. The Kier molecular flexibility index (Phi) is 4.61. The molecule has 30 heavy (non-hydrogen) atoms. The summed E-state index contributed by atoms with van der Waals surface area (Å²) >= 11 is 0.